The first-order valence-corrected chi connectivity index (χ1v) is 5.02. The van der Waals surface area contributed by atoms with Gasteiger partial charge in [-0.2, -0.15) is 0 Å². The van der Waals surface area contributed by atoms with Gasteiger partial charge in [-0.25, -0.2) is 0 Å². The van der Waals surface area contributed by atoms with Crippen LogP contribution in [0.2, 0.25) is 0 Å². The molecule has 0 N–H and O–H groups in total. The Labute approximate surface area is 85.5 Å². The molecule has 1 atom stereocenters. The third kappa shape index (κ3) is 3.56. The van der Waals surface area contributed by atoms with Crippen LogP contribution in [0, 0.1) is 5.92 Å². The second kappa shape index (κ2) is 6.14. The average Bonchev–Trinajstić information content (AvgIpc) is 2.25. The summed E-state index contributed by atoms with van der Waals surface area (Å²) in [6.45, 7) is 2.14. The van der Waals surface area contributed by atoms with E-state index in [-0.39, 0.29) is 0 Å². The first-order valence-electron chi connectivity index (χ1n) is 5.02. The third-order valence-electron chi connectivity index (χ3n) is 2.33. The molecule has 0 aliphatic heterocycles. The summed E-state index contributed by atoms with van der Waals surface area (Å²) >= 11 is 0. The van der Waals surface area contributed by atoms with Crippen LogP contribution in [0.25, 0.3) is 0 Å². The Morgan fingerprint density at radius 3 is 2.57 bits per heavy atom. The van der Waals surface area contributed by atoms with E-state index in [0.29, 0.717) is 5.92 Å². The Morgan fingerprint density at radius 1 is 1.29 bits per heavy atom. The van der Waals surface area contributed by atoms with Crippen molar-refractivity contribution in [2.75, 3.05) is 0 Å². The molecule has 1 nitrogen and oxygen atoms in total. The van der Waals surface area contributed by atoms with E-state index >= 15 is 0 Å². The quantitative estimate of drug-likeness (QED) is 0.513. The maximum atomic E-state index is 10.2. The highest BCUT2D eigenvalue weighted by Gasteiger charge is 2.02. The van der Waals surface area contributed by atoms with E-state index in [9.17, 15) is 4.79 Å². The van der Waals surface area contributed by atoms with Gasteiger partial charge < -0.3 is 0 Å². The highest BCUT2D eigenvalue weighted by Crippen LogP contribution is 2.12. The Bertz CT molecular complexity index is 287. The van der Waals surface area contributed by atoms with Gasteiger partial charge in [0.15, 0.2) is 0 Å². The predicted octanol–water partition coefficient (Wildman–Crippen LogP) is 3.01. The minimum absolute atomic E-state index is 0.475. The zero-order valence-electron chi connectivity index (χ0n) is 8.52. The van der Waals surface area contributed by atoms with Crippen molar-refractivity contribution in [3.8, 4) is 0 Å². The van der Waals surface area contributed by atoms with Crippen LogP contribution in [0.4, 0.5) is 0 Å². The van der Waals surface area contributed by atoms with E-state index < -0.39 is 0 Å². The van der Waals surface area contributed by atoms with Crippen molar-refractivity contribution >= 4 is 6.29 Å². The number of hydrogen-bond donors (Lipinski definition) is 0. The SMILES string of the molecule is CC[C@H](/C=C/C=O)Cc1ccccc1. The molecule has 1 aromatic rings. The molecule has 0 spiro atoms. The molecule has 0 unspecified atom stereocenters. The Morgan fingerprint density at radius 2 is 2.00 bits per heavy atom. The van der Waals surface area contributed by atoms with Crippen molar-refractivity contribution < 1.29 is 4.79 Å². The van der Waals surface area contributed by atoms with E-state index in [1.807, 2.05) is 24.3 Å². The van der Waals surface area contributed by atoms with Crippen LogP contribution in [0.5, 0.6) is 0 Å². The van der Waals surface area contributed by atoms with Gasteiger partial charge in [-0.05, 0) is 30.4 Å². The number of allylic oxidation sites excluding steroid dienone is 2. The highest BCUT2D eigenvalue weighted by atomic mass is 16.1. The van der Waals surface area contributed by atoms with Crippen molar-refractivity contribution in [2.45, 2.75) is 19.8 Å². The largest absolute Gasteiger partial charge is 0.299 e. The van der Waals surface area contributed by atoms with Crippen molar-refractivity contribution in [3.05, 3.63) is 48.0 Å². The van der Waals surface area contributed by atoms with Gasteiger partial charge in [-0.15, -0.1) is 0 Å². The summed E-state index contributed by atoms with van der Waals surface area (Å²) in [7, 11) is 0. The zero-order chi connectivity index (χ0) is 10.2. The summed E-state index contributed by atoms with van der Waals surface area (Å²) in [5, 5.41) is 0. The summed E-state index contributed by atoms with van der Waals surface area (Å²) in [6.07, 6.45) is 6.51. The van der Waals surface area contributed by atoms with Crippen molar-refractivity contribution in [2.24, 2.45) is 5.92 Å². The number of benzene rings is 1. The van der Waals surface area contributed by atoms with Crippen LogP contribution < -0.4 is 0 Å². The molecule has 14 heavy (non-hydrogen) atoms. The van der Waals surface area contributed by atoms with E-state index in [1.165, 1.54) is 5.56 Å². The molecule has 1 rings (SSSR count). The van der Waals surface area contributed by atoms with Crippen LogP contribution >= 0.6 is 0 Å². The molecule has 0 radical (unpaired) electrons. The first-order chi connectivity index (χ1) is 6.86. The Kier molecular flexibility index (Phi) is 4.70. The molecular formula is C13H16O. The topological polar surface area (TPSA) is 17.1 Å². The van der Waals surface area contributed by atoms with E-state index in [0.717, 1.165) is 19.1 Å². The summed E-state index contributed by atoms with van der Waals surface area (Å²) < 4.78 is 0. The molecule has 1 heteroatoms. The highest BCUT2D eigenvalue weighted by molar-refractivity contribution is 5.64. The Balaban J connectivity index is 2.57. The molecule has 0 saturated heterocycles. The minimum atomic E-state index is 0.475. The summed E-state index contributed by atoms with van der Waals surface area (Å²) in [5.74, 6) is 0.475. The number of hydrogen-bond acceptors (Lipinski definition) is 1. The lowest BCUT2D eigenvalue weighted by atomic mass is 9.97. The summed E-state index contributed by atoms with van der Waals surface area (Å²) in [4.78, 5) is 10.2. The fourth-order valence-corrected chi connectivity index (χ4v) is 1.47. The second-order valence-electron chi connectivity index (χ2n) is 3.38. The fraction of sp³-hybridized carbons (Fsp3) is 0.308. The predicted molar refractivity (Wildman–Crippen MR) is 59.1 cm³/mol. The van der Waals surface area contributed by atoms with Gasteiger partial charge in [-0.3, -0.25) is 4.79 Å². The molecule has 0 fully saturated rings. The normalized spacial score (nSPS) is 12.9. The van der Waals surface area contributed by atoms with Gasteiger partial charge in [0, 0.05) is 0 Å². The minimum Gasteiger partial charge on any atom is -0.299 e. The number of carbonyl (C=O) groups is 1. The summed E-state index contributed by atoms with van der Waals surface area (Å²) in [6, 6.07) is 10.4. The lowest BCUT2D eigenvalue weighted by molar-refractivity contribution is -0.104. The number of rotatable bonds is 5. The second-order valence-corrected chi connectivity index (χ2v) is 3.38. The maximum absolute atomic E-state index is 10.2. The van der Waals surface area contributed by atoms with Gasteiger partial charge in [0.1, 0.15) is 6.29 Å². The van der Waals surface area contributed by atoms with Gasteiger partial charge in [0.2, 0.25) is 0 Å². The van der Waals surface area contributed by atoms with E-state index in [2.05, 4.69) is 19.1 Å². The summed E-state index contributed by atoms with van der Waals surface area (Å²) in [5.41, 5.74) is 1.33. The number of carbonyl (C=O) groups excluding carboxylic acids is 1. The zero-order valence-corrected chi connectivity index (χ0v) is 8.52. The molecule has 0 saturated carbocycles. The number of aldehydes is 1. The standard InChI is InChI=1S/C13H16O/c1-2-12(9-6-10-14)11-13-7-4-3-5-8-13/h3-10,12H,2,11H2,1H3/b9-6+/t12-/m1/s1. The molecule has 0 heterocycles. The van der Waals surface area contributed by atoms with E-state index in [1.54, 1.807) is 6.08 Å². The van der Waals surface area contributed by atoms with Gasteiger partial charge >= 0.3 is 0 Å². The third-order valence-corrected chi connectivity index (χ3v) is 2.33. The van der Waals surface area contributed by atoms with Crippen LogP contribution in [0.1, 0.15) is 18.9 Å². The van der Waals surface area contributed by atoms with Crippen LogP contribution in [0.3, 0.4) is 0 Å². The molecule has 74 valence electrons. The van der Waals surface area contributed by atoms with Gasteiger partial charge in [0.25, 0.3) is 0 Å². The first kappa shape index (κ1) is 10.7. The van der Waals surface area contributed by atoms with Crippen molar-refractivity contribution in [3.63, 3.8) is 0 Å². The van der Waals surface area contributed by atoms with Crippen LogP contribution in [0.15, 0.2) is 42.5 Å². The Hall–Kier alpha value is -1.37. The lowest BCUT2D eigenvalue weighted by Gasteiger charge is -2.09. The van der Waals surface area contributed by atoms with Gasteiger partial charge in [0.05, 0.1) is 0 Å². The van der Waals surface area contributed by atoms with E-state index in [4.69, 9.17) is 0 Å². The maximum Gasteiger partial charge on any atom is 0.142 e. The molecule has 0 aromatic heterocycles. The monoisotopic (exact) mass is 188 g/mol. The molecule has 1 aromatic carbocycles. The van der Waals surface area contributed by atoms with Crippen LogP contribution in [-0.2, 0) is 11.2 Å². The van der Waals surface area contributed by atoms with Crippen molar-refractivity contribution in [1.29, 1.82) is 0 Å². The average molecular weight is 188 g/mol. The van der Waals surface area contributed by atoms with Crippen LogP contribution in [-0.4, -0.2) is 6.29 Å². The molecule has 0 amide bonds. The fourth-order valence-electron chi connectivity index (χ4n) is 1.47. The molecular weight excluding hydrogens is 172 g/mol. The molecule has 0 aliphatic carbocycles. The lowest BCUT2D eigenvalue weighted by Crippen LogP contribution is -1.99. The molecule has 0 aliphatic rings. The smallest absolute Gasteiger partial charge is 0.142 e. The molecule has 0 bridgehead atoms. The van der Waals surface area contributed by atoms with Crippen molar-refractivity contribution in [1.82, 2.24) is 0 Å². The van der Waals surface area contributed by atoms with Gasteiger partial charge in [-0.1, -0.05) is 43.3 Å².